The zero-order valence-electron chi connectivity index (χ0n) is 10.7. The molecule has 1 N–H and O–H groups in total. The minimum absolute atomic E-state index is 0.168. The largest absolute Gasteiger partial charge is 0.419 e. The summed E-state index contributed by atoms with van der Waals surface area (Å²) in [5.74, 6) is -0.718. The molecule has 10 heteroatoms. The van der Waals surface area contributed by atoms with Gasteiger partial charge >= 0.3 is 6.18 Å². The van der Waals surface area contributed by atoms with E-state index in [2.05, 4.69) is 26.2 Å². The highest BCUT2D eigenvalue weighted by Crippen LogP contribution is 2.35. The Morgan fingerprint density at radius 2 is 2.00 bits per heavy atom. The molecule has 0 radical (unpaired) electrons. The molecule has 0 saturated heterocycles. The van der Waals surface area contributed by atoms with E-state index in [1.165, 1.54) is 20.3 Å². The Morgan fingerprint density at radius 3 is 2.50 bits per heavy atom. The van der Waals surface area contributed by atoms with Crippen LogP contribution in [0.1, 0.15) is 5.56 Å². The van der Waals surface area contributed by atoms with Crippen molar-refractivity contribution in [1.29, 1.82) is 0 Å². The molecule has 1 aromatic heterocycles. The van der Waals surface area contributed by atoms with Gasteiger partial charge in [0.05, 0.1) is 11.3 Å². The average Bonchev–Trinajstić information content (AvgIpc) is 2.29. The molecule has 0 bridgehead atoms. The Morgan fingerprint density at radius 1 is 1.40 bits per heavy atom. The zero-order valence-corrected chi connectivity index (χ0v) is 13.1. The predicted octanol–water partition coefficient (Wildman–Crippen LogP) is 2.17. The first-order valence-electron chi connectivity index (χ1n) is 5.41. The summed E-state index contributed by atoms with van der Waals surface area (Å²) < 4.78 is 62.6. The van der Waals surface area contributed by atoms with E-state index in [-0.39, 0.29) is 16.8 Å². The van der Waals surface area contributed by atoms with Crippen LogP contribution in [0, 0.1) is 0 Å². The molecule has 0 aliphatic heterocycles. The Bertz CT molecular complexity index is 576. The van der Waals surface area contributed by atoms with Crippen LogP contribution in [0.2, 0.25) is 0 Å². The number of sulfonamides is 1. The molecule has 1 rings (SSSR count). The van der Waals surface area contributed by atoms with Crippen molar-refractivity contribution in [3.05, 3.63) is 22.3 Å². The van der Waals surface area contributed by atoms with Gasteiger partial charge in [0.1, 0.15) is 5.82 Å². The maximum atomic E-state index is 12.8. The Balaban J connectivity index is 2.84. The number of nitrogens with one attached hydrogen (secondary N) is 1. The summed E-state index contributed by atoms with van der Waals surface area (Å²) in [6, 6.07) is 0.885. The van der Waals surface area contributed by atoms with Crippen molar-refractivity contribution in [2.75, 3.05) is 31.7 Å². The van der Waals surface area contributed by atoms with E-state index in [1.54, 1.807) is 0 Å². The van der Waals surface area contributed by atoms with Crippen LogP contribution in [0.3, 0.4) is 0 Å². The lowest BCUT2D eigenvalue weighted by molar-refractivity contribution is -0.137. The van der Waals surface area contributed by atoms with Crippen molar-refractivity contribution >= 4 is 31.8 Å². The van der Waals surface area contributed by atoms with Gasteiger partial charge in [0.15, 0.2) is 0 Å². The Labute approximate surface area is 123 Å². The molecule has 114 valence electrons. The van der Waals surface area contributed by atoms with Crippen LogP contribution in [0.4, 0.5) is 19.0 Å². The molecule has 1 heterocycles. The molecular weight excluding hydrogens is 363 g/mol. The van der Waals surface area contributed by atoms with E-state index in [0.29, 0.717) is 0 Å². The van der Waals surface area contributed by atoms with Crippen molar-refractivity contribution in [2.24, 2.45) is 0 Å². The quantitative estimate of drug-likeness (QED) is 0.856. The smallest absolute Gasteiger partial charge is 0.368 e. The van der Waals surface area contributed by atoms with Crippen LogP contribution >= 0.6 is 15.9 Å². The SMILES string of the molecule is CN(C)S(=O)(=O)CCNc1ncc(Br)cc1C(F)(F)F. The highest BCUT2D eigenvalue weighted by molar-refractivity contribution is 9.10. The third-order valence-electron chi connectivity index (χ3n) is 2.37. The summed E-state index contributed by atoms with van der Waals surface area (Å²) in [6.07, 6.45) is -3.36. The fourth-order valence-electron chi connectivity index (χ4n) is 1.28. The number of hydrogen-bond donors (Lipinski definition) is 1. The number of halogens is 4. The fraction of sp³-hybridized carbons (Fsp3) is 0.500. The van der Waals surface area contributed by atoms with E-state index >= 15 is 0 Å². The van der Waals surface area contributed by atoms with Gasteiger partial charge in [0.25, 0.3) is 0 Å². The molecule has 0 aliphatic carbocycles. The van der Waals surface area contributed by atoms with E-state index < -0.39 is 27.6 Å². The van der Waals surface area contributed by atoms with Crippen LogP contribution in [0.15, 0.2) is 16.7 Å². The van der Waals surface area contributed by atoms with E-state index in [9.17, 15) is 21.6 Å². The van der Waals surface area contributed by atoms with Gasteiger partial charge in [-0.2, -0.15) is 13.2 Å². The molecule has 0 aliphatic rings. The monoisotopic (exact) mass is 375 g/mol. The summed E-state index contributed by atoms with van der Waals surface area (Å²) in [5, 5.41) is 2.40. The summed E-state index contributed by atoms with van der Waals surface area (Å²) in [4.78, 5) is 3.62. The first kappa shape index (κ1) is 17.2. The van der Waals surface area contributed by atoms with Crippen molar-refractivity contribution in [3.63, 3.8) is 0 Å². The molecule has 1 aromatic rings. The second-order valence-electron chi connectivity index (χ2n) is 4.07. The van der Waals surface area contributed by atoms with Gasteiger partial charge in [0, 0.05) is 31.3 Å². The Hall–Kier alpha value is -0.870. The van der Waals surface area contributed by atoms with Crippen molar-refractivity contribution in [1.82, 2.24) is 9.29 Å². The number of nitrogens with zero attached hydrogens (tertiary/aromatic N) is 2. The van der Waals surface area contributed by atoms with E-state index in [1.807, 2.05) is 0 Å². The summed E-state index contributed by atoms with van der Waals surface area (Å²) in [6.45, 7) is -0.168. The Kier molecular flexibility index (Phi) is 5.39. The highest BCUT2D eigenvalue weighted by atomic mass is 79.9. The van der Waals surface area contributed by atoms with Gasteiger partial charge in [-0.15, -0.1) is 0 Å². The molecular formula is C10H13BrF3N3O2S. The molecule has 20 heavy (non-hydrogen) atoms. The standard InChI is InChI=1S/C10H13BrF3N3O2S/c1-17(2)20(18,19)4-3-15-9-8(10(12,13)14)5-7(11)6-16-9/h5-6H,3-4H2,1-2H3,(H,15,16). The zero-order chi connectivity index (χ0) is 15.6. The summed E-state index contributed by atoms with van der Waals surface area (Å²) in [7, 11) is -0.761. The van der Waals surface area contributed by atoms with Crippen LogP contribution in [0.5, 0.6) is 0 Å². The maximum absolute atomic E-state index is 12.8. The van der Waals surface area contributed by atoms with Gasteiger partial charge in [-0.05, 0) is 22.0 Å². The second kappa shape index (κ2) is 6.27. The predicted molar refractivity (Wildman–Crippen MR) is 72.9 cm³/mol. The first-order valence-corrected chi connectivity index (χ1v) is 7.81. The third-order valence-corrected chi connectivity index (χ3v) is 4.63. The van der Waals surface area contributed by atoms with Gasteiger partial charge in [-0.25, -0.2) is 17.7 Å². The molecule has 5 nitrogen and oxygen atoms in total. The number of rotatable bonds is 5. The normalized spacial score (nSPS) is 12.8. The number of hydrogen-bond acceptors (Lipinski definition) is 4. The minimum atomic E-state index is -4.57. The minimum Gasteiger partial charge on any atom is -0.368 e. The topological polar surface area (TPSA) is 62.3 Å². The lowest BCUT2D eigenvalue weighted by Gasteiger charge is -2.15. The first-order chi connectivity index (χ1) is 9.04. The molecule has 0 fully saturated rings. The van der Waals surface area contributed by atoms with Crippen LogP contribution < -0.4 is 5.32 Å². The third kappa shape index (κ3) is 4.60. The van der Waals surface area contributed by atoms with Gasteiger partial charge < -0.3 is 5.32 Å². The molecule has 0 aromatic carbocycles. The molecule has 0 saturated carbocycles. The van der Waals surface area contributed by atoms with Crippen molar-refractivity contribution in [3.8, 4) is 0 Å². The van der Waals surface area contributed by atoms with Crippen LogP contribution in [0.25, 0.3) is 0 Å². The molecule has 0 unspecified atom stereocenters. The lowest BCUT2D eigenvalue weighted by Crippen LogP contribution is -2.29. The van der Waals surface area contributed by atoms with Gasteiger partial charge in [-0.3, -0.25) is 0 Å². The van der Waals surface area contributed by atoms with E-state index in [4.69, 9.17) is 0 Å². The molecule has 0 atom stereocenters. The molecule has 0 amide bonds. The maximum Gasteiger partial charge on any atom is 0.419 e. The summed E-state index contributed by atoms with van der Waals surface area (Å²) in [5.41, 5.74) is -0.950. The number of anilines is 1. The van der Waals surface area contributed by atoms with Crippen molar-refractivity contribution in [2.45, 2.75) is 6.18 Å². The van der Waals surface area contributed by atoms with E-state index in [0.717, 1.165) is 10.4 Å². The van der Waals surface area contributed by atoms with Gasteiger partial charge in [0.2, 0.25) is 10.0 Å². The summed E-state index contributed by atoms with van der Waals surface area (Å²) >= 11 is 2.91. The fourth-order valence-corrected chi connectivity index (χ4v) is 2.33. The molecule has 0 spiro atoms. The number of alkyl halides is 3. The van der Waals surface area contributed by atoms with Crippen LogP contribution in [-0.4, -0.2) is 44.1 Å². The van der Waals surface area contributed by atoms with Crippen LogP contribution in [-0.2, 0) is 16.2 Å². The highest BCUT2D eigenvalue weighted by Gasteiger charge is 2.34. The second-order valence-corrected chi connectivity index (χ2v) is 7.29. The van der Waals surface area contributed by atoms with Gasteiger partial charge in [-0.1, -0.05) is 0 Å². The average molecular weight is 376 g/mol. The van der Waals surface area contributed by atoms with Crippen molar-refractivity contribution < 1.29 is 21.6 Å². The number of aromatic nitrogens is 1. The lowest BCUT2D eigenvalue weighted by atomic mass is 10.2. The number of pyridine rings is 1.